The van der Waals surface area contributed by atoms with Crippen LogP contribution in [0.25, 0.3) is 0 Å². The van der Waals surface area contributed by atoms with Gasteiger partial charge in [-0.15, -0.1) is 0 Å². The summed E-state index contributed by atoms with van der Waals surface area (Å²) in [6.07, 6.45) is 1.07. The SMILES string of the molecule is Cc1ccc2c(c1)CC2N. The number of aryl methyl sites for hydroxylation is 1. The first-order valence-corrected chi connectivity index (χ1v) is 3.62. The third-order valence-corrected chi connectivity index (χ3v) is 2.14. The Balaban J connectivity index is 2.49. The molecule has 0 bridgehead atoms. The minimum atomic E-state index is 0.315. The molecule has 0 amide bonds. The van der Waals surface area contributed by atoms with Gasteiger partial charge in [0.25, 0.3) is 0 Å². The molecule has 0 saturated heterocycles. The number of benzene rings is 1. The first-order valence-electron chi connectivity index (χ1n) is 3.62. The summed E-state index contributed by atoms with van der Waals surface area (Å²) < 4.78 is 0. The van der Waals surface area contributed by atoms with Crippen molar-refractivity contribution in [3.8, 4) is 0 Å². The Morgan fingerprint density at radius 2 is 2.30 bits per heavy atom. The topological polar surface area (TPSA) is 26.0 Å². The Morgan fingerprint density at radius 1 is 1.50 bits per heavy atom. The van der Waals surface area contributed by atoms with Crippen molar-refractivity contribution >= 4 is 0 Å². The molecule has 1 aromatic rings. The molecule has 1 aromatic carbocycles. The molecule has 52 valence electrons. The summed E-state index contributed by atoms with van der Waals surface area (Å²) in [7, 11) is 0. The molecule has 2 N–H and O–H groups in total. The van der Waals surface area contributed by atoms with Crippen molar-refractivity contribution in [2.45, 2.75) is 19.4 Å². The molecule has 0 heterocycles. The summed E-state index contributed by atoms with van der Waals surface area (Å²) >= 11 is 0. The second kappa shape index (κ2) is 1.83. The van der Waals surface area contributed by atoms with Gasteiger partial charge in [0.15, 0.2) is 0 Å². The molecule has 0 fully saturated rings. The zero-order valence-electron chi connectivity index (χ0n) is 6.09. The first-order chi connectivity index (χ1) is 4.77. The molecule has 10 heavy (non-hydrogen) atoms. The van der Waals surface area contributed by atoms with Crippen molar-refractivity contribution in [1.82, 2.24) is 0 Å². The van der Waals surface area contributed by atoms with E-state index in [4.69, 9.17) is 5.73 Å². The summed E-state index contributed by atoms with van der Waals surface area (Å²) in [5.74, 6) is 0. The lowest BCUT2D eigenvalue weighted by atomic mass is 9.83. The van der Waals surface area contributed by atoms with Crippen LogP contribution in [0.5, 0.6) is 0 Å². The number of hydrogen-bond donors (Lipinski definition) is 1. The quantitative estimate of drug-likeness (QED) is 0.571. The average molecular weight is 133 g/mol. The van der Waals surface area contributed by atoms with Crippen molar-refractivity contribution in [2.75, 3.05) is 0 Å². The van der Waals surface area contributed by atoms with Gasteiger partial charge in [-0.2, -0.15) is 0 Å². The largest absolute Gasteiger partial charge is 0.324 e. The van der Waals surface area contributed by atoms with E-state index in [0.717, 1.165) is 6.42 Å². The average Bonchev–Trinajstić information content (AvgIpc) is 1.86. The highest BCUT2D eigenvalue weighted by molar-refractivity contribution is 5.41. The fraction of sp³-hybridized carbons (Fsp3) is 0.333. The van der Waals surface area contributed by atoms with E-state index < -0.39 is 0 Å². The minimum absolute atomic E-state index is 0.315. The van der Waals surface area contributed by atoms with Crippen LogP contribution in [0, 0.1) is 6.92 Å². The molecular formula is C9H11N. The van der Waals surface area contributed by atoms with Crippen molar-refractivity contribution in [1.29, 1.82) is 0 Å². The molecular weight excluding hydrogens is 122 g/mol. The Labute approximate surface area is 60.9 Å². The second-order valence-corrected chi connectivity index (χ2v) is 3.01. The molecule has 0 aromatic heterocycles. The van der Waals surface area contributed by atoms with E-state index in [-0.39, 0.29) is 0 Å². The molecule has 2 rings (SSSR count). The normalized spacial score (nSPS) is 21.6. The van der Waals surface area contributed by atoms with Gasteiger partial charge in [-0.25, -0.2) is 0 Å². The fourth-order valence-electron chi connectivity index (χ4n) is 1.49. The monoisotopic (exact) mass is 133 g/mol. The van der Waals surface area contributed by atoms with Gasteiger partial charge >= 0.3 is 0 Å². The van der Waals surface area contributed by atoms with Crippen molar-refractivity contribution in [2.24, 2.45) is 5.73 Å². The van der Waals surface area contributed by atoms with Gasteiger partial charge in [0, 0.05) is 6.04 Å². The van der Waals surface area contributed by atoms with Gasteiger partial charge in [-0.05, 0) is 24.5 Å². The Hall–Kier alpha value is -0.820. The van der Waals surface area contributed by atoms with Crippen molar-refractivity contribution < 1.29 is 0 Å². The zero-order valence-corrected chi connectivity index (χ0v) is 6.09. The van der Waals surface area contributed by atoms with Gasteiger partial charge in [-0.3, -0.25) is 0 Å². The van der Waals surface area contributed by atoms with Crippen molar-refractivity contribution in [3.63, 3.8) is 0 Å². The van der Waals surface area contributed by atoms with Crippen LogP contribution in [-0.4, -0.2) is 0 Å². The van der Waals surface area contributed by atoms with E-state index in [1.54, 1.807) is 0 Å². The van der Waals surface area contributed by atoms with Crippen LogP contribution in [0.2, 0.25) is 0 Å². The van der Waals surface area contributed by atoms with Crippen LogP contribution in [0.4, 0.5) is 0 Å². The van der Waals surface area contributed by atoms with Crippen LogP contribution >= 0.6 is 0 Å². The second-order valence-electron chi connectivity index (χ2n) is 3.01. The highest BCUT2D eigenvalue weighted by Crippen LogP contribution is 2.30. The summed E-state index contributed by atoms with van der Waals surface area (Å²) in [5, 5.41) is 0. The molecule has 0 radical (unpaired) electrons. The molecule has 0 spiro atoms. The Bertz CT molecular complexity index is 265. The maximum atomic E-state index is 5.74. The number of rotatable bonds is 0. The summed E-state index contributed by atoms with van der Waals surface area (Å²) in [6, 6.07) is 6.80. The van der Waals surface area contributed by atoms with Crippen LogP contribution in [0.15, 0.2) is 18.2 Å². The summed E-state index contributed by atoms with van der Waals surface area (Å²) in [5.41, 5.74) is 9.85. The van der Waals surface area contributed by atoms with Gasteiger partial charge in [0.05, 0.1) is 0 Å². The molecule has 1 unspecified atom stereocenters. The summed E-state index contributed by atoms with van der Waals surface area (Å²) in [4.78, 5) is 0. The Kier molecular flexibility index (Phi) is 1.08. The number of hydrogen-bond acceptors (Lipinski definition) is 1. The van der Waals surface area contributed by atoms with Crippen LogP contribution in [0.1, 0.15) is 22.7 Å². The van der Waals surface area contributed by atoms with E-state index in [1.165, 1.54) is 16.7 Å². The lowest BCUT2D eigenvalue weighted by Crippen LogP contribution is -2.24. The van der Waals surface area contributed by atoms with Gasteiger partial charge in [0.2, 0.25) is 0 Å². The van der Waals surface area contributed by atoms with Gasteiger partial charge in [0.1, 0.15) is 0 Å². The maximum absolute atomic E-state index is 5.74. The van der Waals surface area contributed by atoms with Crippen LogP contribution in [-0.2, 0) is 6.42 Å². The standard InChI is InChI=1S/C9H11N/c1-6-2-3-8-7(4-6)5-9(8)10/h2-4,9H,5,10H2,1H3. The van der Waals surface area contributed by atoms with E-state index >= 15 is 0 Å². The van der Waals surface area contributed by atoms with Gasteiger partial charge < -0.3 is 5.73 Å². The number of nitrogens with two attached hydrogens (primary N) is 1. The lowest BCUT2D eigenvalue weighted by molar-refractivity contribution is 0.635. The van der Waals surface area contributed by atoms with Crippen molar-refractivity contribution in [3.05, 3.63) is 34.9 Å². The third-order valence-electron chi connectivity index (χ3n) is 2.14. The molecule has 1 aliphatic carbocycles. The molecule has 1 nitrogen and oxygen atoms in total. The van der Waals surface area contributed by atoms with E-state index in [2.05, 4.69) is 25.1 Å². The lowest BCUT2D eigenvalue weighted by Gasteiger charge is -2.26. The first kappa shape index (κ1) is 5.93. The fourth-order valence-corrected chi connectivity index (χ4v) is 1.49. The predicted molar refractivity (Wildman–Crippen MR) is 41.8 cm³/mol. The Morgan fingerprint density at radius 3 is 2.90 bits per heavy atom. The predicted octanol–water partition coefficient (Wildman–Crippen LogP) is 1.55. The maximum Gasteiger partial charge on any atom is 0.0338 e. The van der Waals surface area contributed by atoms with E-state index in [1.807, 2.05) is 0 Å². The van der Waals surface area contributed by atoms with E-state index in [9.17, 15) is 0 Å². The molecule has 0 saturated carbocycles. The highest BCUT2D eigenvalue weighted by Gasteiger charge is 2.21. The smallest absolute Gasteiger partial charge is 0.0338 e. The zero-order chi connectivity index (χ0) is 7.14. The molecule has 1 heteroatoms. The van der Waals surface area contributed by atoms with Crippen LogP contribution in [0.3, 0.4) is 0 Å². The molecule has 1 atom stereocenters. The number of fused-ring (bicyclic) bond motifs is 1. The minimum Gasteiger partial charge on any atom is -0.324 e. The van der Waals surface area contributed by atoms with E-state index in [0.29, 0.717) is 6.04 Å². The molecule has 0 aliphatic heterocycles. The van der Waals surface area contributed by atoms with Crippen LogP contribution < -0.4 is 5.73 Å². The summed E-state index contributed by atoms with van der Waals surface area (Å²) in [6.45, 7) is 2.12. The highest BCUT2D eigenvalue weighted by atomic mass is 14.7. The third kappa shape index (κ3) is 0.673. The molecule has 1 aliphatic rings. The van der Waals surface area contributed by atoms with Gasteiger partial charge in [-0.1, -0.05) is 23.8 Å².